The predicted molar refractivity (Wildman–Crippen MR) is 116 cm³/mol. The molecule has 150 valence electrons. The van der Waals surface area contributed by atoms with E-state index in [9.17, 15) is 4.79 Å². The first kappa shape index (κ1) is 20.7. The van der Waals surface area contributed by atoms with Crippen LogP contribution in [0.3, 0.4) is 0 Å². The minimum Gasteiger partial charge on any atom is -0.497 e. The number of carbonyl (C=O) groups excluding carboxylic acids is 1. The Bertz CT molecular complexity index is 955. The lowest BCUT2D eigenvalue weighted by molar-refractivity contribution is -0.120. The van der Waals surface area contributed by atoms with Gasteiger partial charge in [0.2, 0.25) is 5.91 Å². The number of ether oxygens (including phenoxy) is 1. The lowest BCUT2D eigenvalue weighted by Gasteiger charge is -2.13. The molecule has 0 saturated heterocycles. The summed E-state index contributed by atoms with van der Waals surface area (Å²) >= 11 is 1.38. The average molecular weight is 409 g/mol. The fraction of sp³-hybridized carbons (Fsp3) is 0.227. The maximum atomic E-state index is 12.6. The predicted octanol–water partition coefficient (Wildman–Crippen LogP) is 3.94. The zero-order valence-electron chi connectivity index (χ0n) is 16.5. The van der Waals surface area contributed by atoms with Crippen LogP contribution in [0, 0.1) is 0 Å². The standard InChI is InChI=1S/C22H24N4O2S/c1-4-14-26-20(18-8-6-5-7-9-18)24-25-22(26)29-16(2)21(27)23-15-17-10-12-19(28-3)13-11-17/h4-13,16H,1,14-15H2,2-3H3,(H,23,27)/t16-/m1/s1. The van der Waals surface area contributed by atoms with Crippen LogP contribution in [-0.4, -0.2) is 33.0 Å². The Labute approximate surface area is 175 Å². The summed E-state index contributed by atoms with van der Waals surface area (Å²) in [6, 6.07) is 17.5. The smallest absolute Gasteiger partial charge is 0.233 e. The zero-order valence-corrected chi connectivity index (χ0v) is 17.4. The van der Waals surface area contributed by atoms with Gasteiger partial charge in [-0.1, -0.05) is 60.3 Å². The van der Waals surface area contributed by atoms with E-state index in [1.807, 2.05) is 66.1 Å². The number of benzene rings is 2. The van der Waals surface area contributed by atoms with Crippen molar-refractivity contribution in [2.45, 2.75) is 30.4 Å². The fourth-order valence-corrected chi connectivity index (χ4v) is 3.64. The summed E-state index contributed by atoms with van der Waals surface area (Å²) in [7, 11) is 1.63. The summed E-state index contributed by atoms with van der Waals surface area (Å²) < 4.78 is 7.12. The molecule has 3 rings (SSSR count). The molecule has 6 nitrogen and oxygen atoms in total. The van der Waals surface area contributed by atoms with Crippen LogP contribution in [0.5, 0.6) is 5.75 Å². The van der Waals surface area contributed by atoms with Crippen LogP contribution >= 0.6 is 11.8 Å². The molecule has 1 atom stereocenters. The van der Waals surface area contributed by atoms with Crippen molar-refractivity contribution < 1.29 is 9.53 Å². The number of nitrogens with zero attached hydrogens (tertiary/aromatic N) is 3. The van der Waals surface area contributed by atoms with Crippen molar-refractivity contribution in [1.29, 1.82) is 0 Å². The van der Waals surface area contributed by atoms with E-state index in [1.54, 1.807) is 13.2 Å². The monoisotopic (exact) mass is 408 g/mol. The summed E-state index contributed by atoms with van der Waals surface area (Å²) in [6.45, 7) is 6.72. The van der Waals surface area contributed by atoms with E-state index in [4.69, 9.17) is 4.74 Å². The summed E-state index contributed by atoms with van der Waals surface area (Å²) in [4.78, 5) is 12.6. The Kier molecular flexibility index (Phi) is 7.08. The maximum absolute atomic E-state index is 12.6. The summed E-state index contributed by atoms with van der Waals surface area (Å²) in [5.41, 5.74) is 1.99. The first-order chi connectivity index (χ1) is 14.1. The molecule has 0 aliphatic rings. The van der Waals surface area contributed by atoms with Crippen molar-refractivity contribution in [2.75, 3.05) is 7.11 Å². The Balaban J connectivity index is 1.66. The van der Waals surface area contributed by atoms with Crippen molar-refractivity contribution in [3.63, 3.8) is 0 Å². The molecule has 7 heteroatoms. The van der Waals surface area contributed by atoms with Crippen LogP contribution in [0.2, 0.25) is 0 Å². The van der Waals surface area contributed by atoms with Crippen LogP contribution in [0.15, 0.2) is 72.4 Å². The normalized spacial score (nSPS) is 11.7. The first-order valence-electron chi connectivity index (χ1n) is 9.29. The number of amides is 1. The third-order valence-corrected chi connectivity index (χ3v) is 5.42. The summed E-state index contributed by atoms with van der Waals surface area (Å²) in [5, 5.41) is 12.0. The molecule has 29 heavy (non-hydrogen) atoms. The topological polar surface area (TPSA) is 69.0 Å². The lowest BCUT2D eigenvalue weighted by atomic mass is 10.2. The van der Waals surface area contributed by atoms with Crippen molar-refractivity contribution in [2.24, 2.45) is 0 Å². The SMILES string of the molecule is C=CCn1c(S[C@H](C)C(=O)NCc2ccc(OC)cc2)nnc1-c1ccccc1. The highest BCUT2D eigenvalue weighted by molar-refractivity contribution is 8.00. The molecule has 1 N–H and O–H groups in total. The molecule has 0 radical (unpaired) electrons. The second-order valence-electron chi connectivity index (χ2n) is 6.40. The van der Waals surface area contributed by atoms with Gasteiger partial charge in [-0.15, -0.1) is 16.8 Å². The molecule has 0 saturated carbocycles. The van der Waals surface area contributed by atoms with Gasteiger partial charge in [-0.3, -0.25) is 9.36 Å². The van der Waals surface area contributed by atoms with Gasteiger partial charge < -0.3 is 10.1 Å². The van der Waals surface area contributed by atoms with E-state index < -0.39 is 0 Å². The Morgan fingerprint density at radius 1 is 1.21 bits per heavy atom. The Morgan fingerprint density at radius 2 is 1.93 bits per heavy atom. The average Bonchev–Trinajstić information content (AvgIpc) is 3.15. The minimum absolute atomic E-state index is 0.0553. The molecule has 1 amide bonds. The number of aromatic nitrogens is 3. The van der Waals surface area contributed by atoms with Gasteiger partial charge >= 0.3 is 0 Å². The molecule has 0 bridgehead atoms. The number of hydrogen-bond donors (Lipinski definition) is 1. The second-order valence-corrected chi connectivity index (χ2v) is 7.71. The maximum Gasteiger partial charge on any atom is 0.233 e. The largest absolute Gasteiger partial charge is 0.497 e. The van der Waals surface area contributed by atoms with E-state index in [0.29, 0.717) is 18.2 Å². The van der Waals surface area contributed by atoms with Gasteiger partial charge in [0.1, 0.15) is 5.75 Å². The third-order valence-electron chi connectivity index (χ3n) is 4.34. The van der Waals surface area contributed by atoms with Gasteiger partial charge in [0.25, 0.3) is 0 Å². The van der Waals surface area contributed by atoms with Gasteiger partial charge in [0.05, 0.1) is 12.4 Å². The highest BCUT2D eigenvalue weighted by Gasteiger charge is 2.20. The number of carbonyl (C=O) groups is 1. The van der Waals surface area contributed by atoms with Crippen LogP contribution in [0.1, 0.15) is 12.5 Å². The van der Waals surface area contributed by atoms with E-state index in [-0.39, 0.29) is 11.2 Å². The molecular weight excluding hydrogens is 384 g/mol. The Hall–Kier alpha value is -3.06. The van der Waals surface area contributed by atoms with Gasteiger partial charge in [-0.05, 0) is 24.6 Å². The van der Waals surface area contributed by atoms with Crippen molar-refractivity contribution in [3.8, 4) is 17.1 Å². The lowest BCUT2D eigenvalue weighted by Crippen LogP contribution is -2.30. The Morgan fingerprint density at radius 3 is 2.59 bits per heavy atom. The number of hydrogen-bond acceptors (Lipinski definition) is 5. The second kappa shape index (κ2) is 9.93. The van der Waals surface area contributed by atoms with Crippen LogP contribution in [0.4, 0.5) is 0 Å². The van der Waals surface area contributed by atoms with E-state index in [0.717, 1.165) is 22.7 Å². The number of rotatable bonds is 9. The number of nitrogens with one attached hydrogen (secondary N) is 1. The van der Waals surface area contributed by atoms with Crippen LogP contribution in [0.25, 0.3) is 11.4 Å². The van der Waals surface area contributed by atoms with E-state index in [2.05, 4.69) is 22.1 Å². The number of thioether (sulfide) groups is 1. The zero-order chi connectivity index (χ0) is 20.6. The molecule has 3 aromatic rings. The van der Waals surface area contributed by atoms with E-state index in [1.165, 1.54) is 11.8 Å². The molecule has 1 aromatic heterocycles. The van der Waals surface area contributed by atoms with E-state index >= 15 is 0 Å². The number of allylic oxidation sites excluding steroid dienone is 1. The van der Waals surface area contributed by atoms with Crippen molar-refractivity contribution in [3.05, 3.63) is 72.8 Å². The minimum atomic E-state index is -0.315. The molecule has 0 aliphatic carbocycles. The van der Waals surface area contributed by atoms with Crippen LogP contribution in [-0.2, 0) is 17.9 Å². The summed E-state index contributed by atoms with van der Waals surface area (Å²) in [5.74, 6) is 1.50. The molecule has 0 unspecified atom stereocenters. The van der Waals surface area contributed by atoms with Gasteiger partial charge in [-0.2, -0.15) is 0 Å². The molecule has 0 aliphatic heterocycles. The fourth-order valence-electron chi connectivity index (χ4n) is 2.76. The number of methoxy groups -OCH3 is 1. The molecule has 0 fully saturated rings. The quantitative estimate of drug-likeness (QED) is 0.429. The van der Waals surface area contributed by atoms with Crippen molar-refractivity contribution >= 4 is 17.7 Å². The van der Waals surface area contributed by atoms with Gasteiger partial charge in [0.15, 0.2) is 11.0 Å². The molecular formula is C22H24N4O2S. The molecule has 2 aromatic carbocycles. The van der Waals surface area contributed by atoms with Crippen LogP contribution < -0.4 is 10.1 Å². The molecule has 0 spiro atoms. The van der Waals surface area contributed by atoms with Gasteiger partial charge in [0, 0.05) is 18.7 Å². The highest BCUT2D eigenvalue weighted by atomic mass is 32.2. The van der Waals surface area contributed by atoms with Crippen molar-refractivity contribution in [1.82, 2.24) is 20.1 Å². The summed E-state index contributed by atoms with van der Waals surface area (Å²) in [6.07, 6.45) is 1.80. The molecule has 1 heterocycles. The van der Waals surface area contributed by atoms with Gasteiger partial charge in [-0.25, -0.2) is 0 Å². The highest BCUT2D eigenvalue weighted by Crippen LogP contribution is 2.27. The first-order valence-corrected chi connectivity index (χ1v) is 10.2. The third kappa shape index (κ3) is 5.26.